The zero-order valence-electron chi connectivity index (χ0n) is 33.8. The van der Waals surface area contributed by atoms with Gasteiger partial charge in [0.05, 0.1) is 17.8 Å². The van der Waals surface area contributed by atoms with Crippen molar-refractivity contribution >= 4 is 64.3 Å². The number of benzene rings is 1. The molecule has 2 heterocycles. The summed E-state index contributed by atoms with van der Waals surface area (Å²) < 4.78 is 0. The molecule has 4 amide bonds. The first-order valence-corrected chi connectivity index (χ1v) is 21.0. The normalized spacial score (nSPS) is 11.3. The molecule has 1 aromatic carbocycles. The molecule has 18 heteroatoms. The number of aliphatic carboxylic acids is 1. The fourth-order valence-electron chi connectivity index (χ4n) is 5.99. The highest BCUT2D eigenvalue weighted by Gasteiger charge is 2.23. The van der Waals surface area contributed by atoms with Crippen molar-refractivity contribution in [2.24, 2.45) is 5.92 Å². The second-order valence-electron chi connectivity index (χ2n) is 13.7. The number of Topliss-reactive ketones (excluding diaryl/α,β-unsaturated/α-hetero) is 1. The van der Waals surface area contributed by atoms with E-state index in [-0.39, 0.29) is 65.8 Å². The van der Waals surface area contributed by atoms with E-state index < -0.39 is 17.4 Å². The maximum absolute atomic E-state index is 13.0. The average molecular weight is 834 g/mol. The van der Waals surface area contributed by atoms with E-state index in [2.05, 4.69) is 36.5 Å². The molecular weight excluding hydrogens is 779 g/mol. The van der Waals surface area contributed by atoms with Crippen LogP contribution in [-0.2, 0) is 36.8 Å². The van der Waals surface area contributed by atoms with E-state index in [1.165, 1.54) is 6.20 Å². The van der Waals surface area contributed by atoms with Crippen molar-refractivity contribution < 1.29 is 33.9 Å². The minimum atomic E-state index is -1.15. The Labute approximate surface area is 348 Å². The van der Waals surface area contributed by atoms with Gasteiger partial charge in [0, 0.05) is 94.9 Å². The Kier molecular flexibility index (Phi) is 20.6. The first kappa shape index (κ1) is 47.5. The second-order valence-corrected chi connectivity index (χ2v) is 14.9. The first-order chi connectivity index (χ1) is 28.3. The number of aromatic amines is 1. The summed E-state index contributed by atoms with van der Waals surface area (Å²) in [4.78, 5) is 105. The molecule has 0 aliphatic rings. The van der Waals surface area contributed by atoms with Gasteiger partial charge >= 0.3 is 5.97 Å². The number of aryl methyl sites for hydroxylation is 2. The summed E-state index contributed by atoms with van der Waals surface area (Å²) in [5, 5.41) is 15.4. The van der Waals surface area contributed by atoms with Crippen LogP contribution in [0.25, 0.3) is 11.2 Å². The number of hydrogen-bond donors (Lipinski definition) is 5. The number of amides is 4. The van der Waals surface area contributed by atoms with Gasteiger partial charge in [-0.1, -0.05) is 38.1 Å². The zero-order valence-corrected chi connectivity index (χ0v) is 34.6. The Hall–Kier alpha value is -5.83. The Balaban J connectivity index is 1.36. The molecule has 17 nitrogen and oxygen atoms in total. The van der Waals surface area contributed by atoms with Crippen LogP contribution in [0.5, 0.6) is 0 Å². The SMILES string of the molecule is C#CCCCC(=O)NCCN(CCN(CCSCCNC(=O)CCC(CC(=O)c1ccc(CCc2cnc3nc(N)[nH]c(=O)c3n2)cc1)C(=O)O)C(=O)CC)C(=O)CC. The third-order valence-corrected chi connectivity index (χ3v) is 10.3. The summed E-state index contributed by atoms with van der Waals surface area (Å²) in [6.07, 6.45) is 9.56. The van der Waals surface area contributed by atoms with Gasteiger partial charge in [-0.05, 0) is 31.2 Å². The molecule has 2 aromatic heterocycles. The summed E-state index contributed by atoms with van der Waals surface area (Å²) >= 11 is 1.55. The number of hydrogen-bond acceptors (Lipinski definition) is 12. The fraction of sp³-hybridized carbons (Fsp3) is 0.512. The zero-order chi connectivity index (χ0) is 43.2. The number of carboxylic acid groups (broad SMARTS) is 1. The van der Waals surface area contributed by atoms with Crippen LogP contribution in [0.15, 0.2) is 35.3 Å². The highest BCUT2D eigenvalue weighted by atomic mass is 32.2. The summed E-state index contributed by atoms with van der Waals surface area (Å²) in [5.74, 6) is 0.564. The molecule has 0 saturated carbocycles. The highest BCUT2D eigenvalue weighted by molar-refractivity contribution is 7.99. The number of terminal acetylenes is 1. The summed E-state index contributed by atoms with van der Waals surface area (Å²) in [6.45, 7) is 5.69. The third-order valence-electron chi connectivity index (χ3n) is 9.39. The van der Waals surface area contributed by atoms with Crippen LogP contribution < -0.4 is 21.9 Å². The number of ketones is 1. The number of carbonyl (C=O) groups excluding carboxylic acids is 5. The van der Waals surface area contributed by atoms with Gasteiger partial charge in [0.1, 0.15) is 0 Å². The molecule has 59 heavy (non-hydrogen) atoms. The number of aromatic nitrogens is 4. The smallest absolute Gasteiger partial charge is 0.306 e. The molecule has 318 valence electrons. The molecule has 0 aliphatic carbocycles. The van der Waals surface area contributed by atoms with Gasteiger partial charge in [0.15, 0.2) is 16.9 Å². The van der Waals surface area contributed by atoms with Crippen molar-refractivity contribution in [1.82, 2.24) is 40.4 Å². The lowest BCUT2D eigenvalue weighted by Crippen LogP contribution is -2.44. The average Bonchev–Trinajstić information content (AvgIpc) is 3.22. The number of nitrogens with two attached hydrogens (primary N) is 1. The summed E-state index contributed by atoms with van der Waals surface area (Å²) in [5.41, 5.74) is 7.18. The number of nitrogens with zero attached hydrogens (tertiary/aromatic N) is 5. The largest absolute Gasteiger partial charge is 0.481 e. The van der Waals surface area contributed by atoms with E-state index in [9.17, 15) is 38.7 Å². The van der Waals surface area contributed by atoms with Gasteiger partial charge in [-0.2, -0.15) is 16.7 Å². The van der Waals surface area contributed by atoms with Crippen LogP contribution >= 0.6 is 11.8 Å². The van der Waals surface area contributed by atoms with Crippen LogP contribution in [0.4, 0.5) is 5.95 Å². The number of fused-ring (bicyclic) bond motifs is 1. The number of nitrogens with one attached hydrogen (secondary N) is 3. The molecule has 1 atom stereocenters. The number of thioether (sulfide) groups is 1. The number of carboxylic acids is 1. The fourth-order valence-corrected chi connectivity index (χ4v) is 6.79. The lowest BCUT2D eigenvalue weighted by molar-refractivity contribution is -0.142. The lowest BCUT2D eigenvalue weighted by atomic mass is 9.93. The van der Waals surface area contributed by atoms with Gasteiger partial charge in [-0.25, -0.2) is 9.97 Å². The van der Waals surface area contributed by atoms with Gasteiger partial charge in [0.25, 0.3) is 5.56 Å². The quantitative estimate of drug-likeness (QED) is 0.0421. The lowest BCUT2D eigenvalue weighted by Gasteiger charge is -2.28. The minimum Gasteiger partial charge on any atom is -0.481 e. The molecule has 0 fully saturated rings. The van der Waals surface area contributed by atoms with E-state index in [1.807, 2.05) is 0 Å². The van der Waals surface area contributed by atoms with Gasteiger partial charge in [0.2, 0.25) is 29.6 Å². The number of carbonyl (C=O) groups is 6. The van der Waals surface area contributed by atoms with E-state index >= 15 is 0 Å². The van der Waals surface area contributed by atoms with Crippen LogP contribution in [0, 0.1) is 18.3 Å². The molecule has 0 bridgehead atoms. The summed E-state index contributed by atoms with van der Waals surface area (Å²) in [7, 11) is 0. The van der Waals surface area contributed by atoms with Gasteiger partial charge < -0.3 is 31.3 Å². The molecular formula is C41H55N9O8S. The van der Waals surface area contributed by atoms with Gasteiger partial charge in [-0.15, -0.1) is 12.3 Å². The maximum atomic E-state index is 13.0. The van der Waals surface area contributed by atoms with Crippen LogP contribution in [-0.4, -0.2) is 121 Å². The number of unbranched alkanes of at least 4 members (excludes halogenated alkanes) is 1. The first-order valence-electron chi connectivity index (χ1n) is 19.8. The van der Waals surface area contributed by atoms with Crippen molar-refractivity contribution in [3.05, 3.63) is 57.6 Å². The van der Waals surface area contributed by atoms with E-state index in [4.69, 9.17) is 12.2 Å². The number of anilines is 1. The minimum absolute atomic E-state index is 0.000389. The standard InChI is InChI=1S/C41H55N9O8S/c1-4-7-8-9-33(52)43-18-20-49(35(54)5-2)21-22-50(36(55)6-3)23-25-59-24-19-44-34(53)17-15-30(40(57)58)26-32(51)29-13-10-28(11-14-29)12-16-31-27-45-38-37(46-31)39(56)48-41(42)47-38/h1,10-11,13-14,27,30H,5-9,12,15-26H2,2-3H3,(H,43,52)(H,44,53)(H,57,58)(H3,42,45,47,48,56). The number of rotatable bonds is 27. The Bertz CT molecular complexity index is 2000. The maximum Gasteiger partial charge on any atom is 0.306 e. The highest BCUT2D eigenvalue weighted by Crippen LogP contribution is 2.18. The molecule has 1 unspecified atom stereocenters. The number of H-pyrrole nitrogens is 1. The molecule has 6 N–H and O–H groups in total. The van der Waals surface area contributed by atoms with Crippen molar-refractivity contribution in [2.45, 2.75) is 78.1 Å². The van der Waals surface area contributed by atoms with Crippen LogP contribution in [0.3, 0.4) is 0 Å². The topological polar surface area (TPSA) is 251 Å². The van der Waals surface area contributed by atoms with Crippen molar-refractivity contribution in [3.63, 3.8) is 0 Å². The van der Waals surface area contributed by atoms with E-state index in [0.29, 0.717) is 107 Å². The molecule has 0 spiro atoms. The third kappa shape index (κ3) is 16.9. The van der Waals surface area contributed by atoms with Crippen molar-refractivity contribution in [2.75, 3.05) is 56.5 Å². The van der Waals surface area contributed by atoms with E-state index in [0.717, 1.165) is 5.56 Å². The predicted molar refractivity (Wildman–Crippen MR) is 225 cm³/mol. The van der Waals surface area contributed by atoms with E-state index in [1.54, 1.807) is 59.7 Å². The van der Waals surface area contributed by atoms with Crippen molar-refractivity contribution in [3.8, 4) is 12.3 Å². The molecule has 0 saturated heterocycles. The Morgan fingerprint density at radius 3 is 2.22 bits per heavy atom. The van der Waals surface area contributed by atoms with Gasteiger partial charge in [-0.3, -0.25) is 38.5 Å². The van der Waals surface area contributed by atoms with Crippen LogP contribution in [0.2, 0.25) is 0 Å². The molecule has 0 radical (unpaired) electrons. The monoisotopic (exact) mass is 833 g/mol. The molecule has 3 rings (SSSR count). The predicted octanol–water partition coefficient (Wildman–Crippen LogP) is 2.38. The van der Waals surface area contributed by atoms with Crippen molar-refractivity contribution in [1.29, 1.82) is 0 Å². The molecule has 3 aromatic rings. The Morgan fingerprint density at radius 1 is 0.898 bits per heavy atom. The number of nitrogen functional groups attached to an aromatic ring is 1. The summed E-state index contributed by atoms with van der Waals surface area (Å²) in [6, 6.07) is 6.83. The molecule has 0 aliphatic heterocycles. The second kappa shape index (κ2) is 25.5. The Morgan fingerprint density at radius 2 is 1.56 bits per heavy atom. The van der Waals surface area contributed by atoms with Crippen LogP contribution in [0.1, 0.15) is 86.8 Å².